The molecular formula is C16H16ClN5O. The molecule has 0 aliphatic heterocycles. The van der Waals surface area contributed by atoms with Gasteiger partial charge in [-0.05, 0) is 38.1 Å². The predicted molar refractivity (Wildman–Crippen MR) is 88.4 cm³/mol. The minimum atomic E-state index is 0.559. The highest BCUT2D eigenvalue weighted by Crippen LogP contribution is 2.18. The van der Waals surface area contributed by atoms with Crippen LogP contribution >= 0.6 is 11.6 Å². The summed E-state index contributed by atoms with van der Waals surface area (Å²) in [6.07, 6.45) is 2.35. The van der Waals surface area contributed by atoms with Crippen LogP contribution in [0, 0.1) is 13.8 Å². The molecule has 3 rings (SSSR count). The topological polar surface area (TPSA) is 76.7 Å². The van der Waals surface area contributed by atoms with Crippen LogP contribution in [0.2, 0.25) is 5.02 Å². The molecular weight excluding hydrogens is 314 g/mol. The third-order valence-corrected chi connectivity index (χ3v) is 3.53. The first-order valence-electron chi connectivity index (χ1n) is 7.24. The Morgan fingerprint density at radius 3 is 2.70 bits per heavy atom. The van der Waals surface area contributed by atoms with Gasteiger partial charge in [0.15, 0.2) is 0 Å². The van der Waals surface area contributed by atoms with Crippen molar-refractivity contribution in [3.05, 3.63) is 52.8 Å². The van der Waals surface area contributed by atoms with Crippen molar-refractivity contribution >= 4 is 17.4 Å². The van der Waals surface area contributed by atoms with Gasteiger partial charge in [0.05, 0.1) is 11.4 Å². The van der Waals surface area contributed by atoms with Gasteiger partial charge in [-0.15, -0.1) is 0 Å². The Hall–Kier alpha value is -2.47. The highest BCUT2D eigenvalue weighted by molar-refractivity contribution is 6.30. The Labute approximate surface area is 138 Å². The zero-order chi connectivity index (χ0) is 16.2. The van der Waals surface area contributed by atoms with Gasteiger partial charge in [-0.3, -0.25) is 4.98 Å². The van der Waals surface area contributed by atoms with Gasteiger partial charge in [0.2, 0.25) is 11.7 Å². The van der Waals surface area contributed by atoms with Crippen LogP contribution in [0.5, 0.6) is 0 Å². The third-order valence-electron chi connectivity index (χ3n) is 3.28. The molecule has 0 saturated carbocycles. The first kappa shape index (κ1) is 15.4. The molecule has 0 aliphatic carbocycles. The number of benzene rings is 1. The molecule has 0 amide bonds. The van der Waals surface area contributed by atoms with Crippen molar-refractivity contribution in [2.24, 2.45) is 0 Å². The van der Waals surface area contributed by atoms with Gasteiger partial charge < -0.3 is 9.84 Å². The van der Waals surface area contributed by atoms with Crippen molar-refractivity contribution in [1.29, 1.82) is 0 Å². The number of hydrogen-bond donors (Lipinski definition) is 1. The zero-order valence-corrected chi connectivity index (χ0v) is 13.6. The number of rotatable bonds is 5. The third kappa shape index (κ3) is 3.84. The molecule has 0 unspecified atom stereocenters. The van der Waals surface area contributed by atoms with Crippen LogP contribution in [-0.4, -0.2) is 26.7 Å². The van der Waals surface area contributed by atoms with Gasteiger partial charge in [0.25, 0.3) is 0 Å². The highest BCUT2D eigenvalue weighted by Gasteiger charge is 2.09. The minimum Gasteiger partial charge on any atom is -0.368 e. The second-order valence-corrected chi connectivity index (χ2v) is 5.58. The molecule has 0 aliphatic rings. The Morgan fingerprint density at radius 1 is 1.13 bits per heavy atom. The predicted octanol–water partition coefficient (Wildman–Crippen LogP) is 3.45. The molecule has 0 fully saturated rings. The number of hydrogen-bond acceptors (Lipinski definition) is 6. The molecule has 1 N–H and O–H groups in total. The smallest absolute Gasteiger partial charge is 0.228 e. The molecule has 0 radical (unpaired) electrons. The number of halogens is 1. The Kier molecular flexibility index (Phi) is 4.52. The minimum absolute atomic E-state index is 0.559. The van der Waals surface area contributed by atoms with Crippen LogP contribution in [0.1, 0.15) is 17.3 Å². The van der Waals surface area contributed by atoms with Crippen molar-refractivity contribution < 1.29 is 4.52 Å². The lowest BCUT2D eigenvalue weighted by Gasteiger charge is -2.06. The zero-order valence-electron chi connectivity index (χ0n) is 12.9. The summed E-state index contributed by atoms with van der Waals surface area (Å²) < 4.78 is 5.27. The maximum Gasteiger partial charge on any atom is 0.228 e. The standard InChI is InChI=1S/C16H16ClN5O/c1-10-9-19-11(2)15(20-10)18-8-7-14-21-16(22-23-14)12-3-5-13(17)6-4-12/h3-6,9H,7-8H2,1-2H3,(H,18,20). The lowest BCUT2D eigenvalue weighted by atomic mass is 10.2. The van der Waals surface area contributed by atoms with Crippen LogP contribution < -0.4 is 5.32 Å². The van der Waals surface area contributed by atoms with Crippen molar-refractivity contribution in [3.8, 4) is 11.4 Å². The number of nitrogens with one attached hydrogen (secondary N) is 1. The van der Waals surface area contributed by atoms with E-state index < -0.39 is 0 Å². The lowest BCUT2D eigenvalue weighted by molar-refractivity contribution is 0.381. The summed E-state index contributed by atoms with van der Waals surface area (Å²) >= 11 is 5.87. The molecule has 2 aromatic heterocycles. The largest absolute Gasteiger partial charge is 0.368 e. The van der Waals surface area contributed by atoms with Crippen molar-refractivity contribution in [3.63, 3.8) is 0 Å². The fourth-order valence-electron chi connectivity index (χ4n) is 2.07. The van der Waals surface area contributed by atoms with E-state index in [0.29, 0.717) is 29.7 Å². The van der Waals surface area contributed by atoms with E-state index in [0.717, 1.165) is 22.8 Å². The maximum absolute atomic E-state index is 5.87. The monoisotopic (exact) mass is 329 g/mol. The summed E-state index contributed by atoms with van der Waals surface area (Å²) in [5, 5.41) is 7.91. The van der Waals surface area contributed by atoms with E-state index in [1.165, 1.54) is 0 Å². The summed E-state index contributed by atoms with van der Waals surface area (Å²) in [6.45, 7) is 4.47. The lowest BCUT2D eigenvalue weighted by Crippen LogP contribution is -2.09. The number of aryl methyl sites for hydroxylation is 2. The van der Waals surface area contributed by atoms with Crippen LogP contribution in [0.15, 0.2) is 35.0 Å². The second-order valence-electron chi connectivity index (χ2n) is 5.14. The van der Waals surface area contributed by atoms with Crippen LogP contribution in [0.3, 0.4) is 0 Å². The van der Waals surface area contributed by atoms with Gasteiger partial charge in [-0.1, -0.05) is 16.8 Å². The molecule has 23 heavy (non-hydrogen) atoms. The first-order valence-corrected chi connectivity index (χ1v) is 7.62. The van der Waals surface area contributed by atoms with Gasteiger partial charge in [-0.25, -0.2) is 4.98 Å². The first-order chi connectivity index (χ1) is 11.1. The highest BCUT2D eigenvalue weighted by atomic mass is 35.5. The van der Waals surface area contributed by atoms with Crippen molar-refractivity contribution in [2.45, 2.75) is 20.3 Å². The molecule has 6 nitrogen and oxygen atoms in total. The van der Waals surface area contributed by atoms with E-state index >= 15 is 0 Å². The normalized spacial score (nSPS) is 10.7. The molecule has 118 valence electrons. The molecule has 1 aromatic carbocycles. The van der Waals surface area contributed by atoms with Gasteiger partial charge in [0, 0.05) is 29.7 Å². The van der Waals surface area contributed by atoms with Gasteiger partial charge in [-0.2, -0.15) is 4.98 Å². The summed E-state index contributed by atoms with van der Waals surface area (Å²) in [6, 6.07) is 7.32. The Balaban J connectivity index is 1.61. The van der Waals surface area contributed by atoms with Crippen LogP contribution in [0.4, 0.5) is 5.82 Å². The summed E-state index contributed by atoms with van der Waals surface area (Å²) in [5.74, 6) is 1.91. The van der Waals surface area contributed by atoms with E-state index in [9.17, 15) is 0 Å². The summed E-state index contributed by atoms with van der Waals surface area (Å²) in [7, 11) is 0. The van der Waals surface area contributed by atoms with Gasteiger partial charge in [0.1, 0.15) is 5.82 Å². The van der Waals surface area contributed by atoms with Crippen molar-refractivity contribution in [1.82, 2.24) is 20.1 Å². The summed E-state index contributed by atoms with van der Waals surface area (Å²) in [4.78, 5) is 13.1. The van der Waals surface area contributed by atoms with Crippen LogP contribution in [0.25, 0.3) is 11.4 Å². The van der Waals surface area contributed by atoms with Crippen molar-refractivity contribution in [2.75, 3.05) is 11.9 Å². The Morgan fingerprint density at radius 2 is 1.91 bits per heavy atom. The quantitative estimate of drug-likeness (QED) is 0.772. The Bertz CT molecular complexity index is 800. The average Bonchev–Trinajstić information content (AvgIpc) is 3.00. The number of nitrogens with zero attached hydrogens (tertiary/aromatic N) is 4. The molecule has 0 spiro atoms. The molecule has 3 aromatic rings. The molecule has 7 heteroatoms. The van der Waals surface area contributed by atoms with E-state index in [1.807, 2.05) is 26.0 Å². The fraction of sp³-hybridized carbons (Fsp3) is 0.250. The maximum atomic E-state index is 5.87. The van der Waals surface area contributed by atoms with E-state index in [-0.39, 0.29) is 0 Å². The molecule has 0 bridgehead atoms. The van der Waals surface area contributed by atoms with E-state index in [2.05, 4.69) is 25.4 Å². The fourth-order valence-corrected chi connectivity index (χ4v) is 2.19. The van der Waals surface area contributed by atoms with Gasteiger partial charge >= 0.3 is 0 Å². The van der Waals surface area contributed by atoms with Crippen LogP contribution in [-0.2, 0) is 6.42 Å². The average molecular weight is 330 g/mol. The second kappa shape index (κ2) is 6.75. The number of aromatic nitrogens is 4. The molecule has 2 heterocycles. The number of anilines is 1. The van der Waals surface area contributed by atoms with E-state index in [4.69, 9.17) is 16.1 Å². The molecule has 0 saturated heterocycles. The van der Waals surface area contributed by atoms with E-state index in [1.54, 1.807) is 18.3 Å². The molecule has 0 atom stereocenters. The SMILES string of the molecule is Cc1cnc(C)c(NCCc2nc(-c3ccc(Cl)cc3)no2)n1. The summed E-state index contributed by atoms with van der Waals surface area (Å²) in [5.41, 5.74) is 2.61.